The first kappa shape index (κ1) is 5.48. The Morgan fingerprint density at radius 2 is 2.50 bits per heavy atom. The van der Waals surface area contributed by atoms with E-state index in [1.807, 2.05) is 5.38 Å². The molecule has 0 saturated heterocycles. The van der Waals surface area contributed by atoms with Crippen LogP contribution in [0.4, 0.5) is 0 Å². The average molecular weight is 153 g/mol. The molecule has 0 saturated carbocycles. The van der Waals surface area contributed by atoms with Crippen LogP contribution in [-0.4, -0.2) is 25.2 Å². The Morgan fingerprint density at radius 3 is 3.10 bits per heavy atom. The summed E-state index contributed by atoms with van der Waals surface area (Å²) in [7, 11) is 0. The van der Waals surface area contributed by atoms with E-state index >= 15 is 0 Å². The van der Waals surface area contributed by atoms with E-state index in [0.29, 0.717) is 0 Å². The van der Waals surface area contributed by atoms with Gasteiger partial charge in [-0.15, -0.1) is 26.3 Å². The van der Waals surface area contributed by atoms with Gasteiger partial charge in [0.15, 0.2) is 6.33 Å². The molecular weight excluding hydrogens is 150 g/mol. The molecule has 5 nitrogen and oxygen atoms in total. The summed E-state index contributed by atoms with van der Waals surface area (Å²) in [6, 6.07) is 0. The molecule has 0 aliphatic carbocycles. The summed E-state index contributed by atoms with van der Waals surface area (Å²) in [6.45, 7) is 0. The van der Waals surface area contributed by atoms with Crippen molar-refractivity contribution in [2.45, 2.75) is 0 Å². The van der Waals surface area contributed by atoms with Crippen LogP contribution in [0.5, 0.6) is 0 Å². The van der Waals surface area contributed by atoms with E-state index in [9.17, 15) is 0 Å². The van der Waals surface area contributed by atoms with E-state index in [-0.39, 0.29) is 0 Å². The molecule has 0 atom stereocenters. The van der Waals surface area contributed by atoms with E-state index in [0.717, 1.165) is 5.13 Å². The number of aromatic nitrogens is 5. The van der Waals surface area contributed by atoms with E-state index in [2.05, 4.69) is 20.4 Å². The summed E-state index contributed by atoms with van der Waals surface area (Å²) in [5.41, 5.74) is 0. The number of tetrazole rings is 1. The van der Waals surface area contributed by atoms with Crippen molar-refractivity contribution in [3.05, 3.63) is 17.9 Å². The van der Waals surface area contributed by atoms with Gasteiger partial charge in [-0.2, -0.15) is 0 Å². The van der Waals surface area contributed by atoms with Crippen molar-refractivity contribution in [3.8, 4) is 5.13 Å². The molecule has 2 aromatic rings. The number of nitrogens with zero attached hydrogens (tertiary/aromatic N) is 5. The number of hydrogen-bond donors (Lipinski definition) is 0. The lowest BCUT2D eigenvalue weighted by Crippen LogP contribution is -1.96. The third-order valence-electron chi connectivity index (χ3n) is 0.939. The first-order valence-corrected chi connectivity index (χ1v) is 3.47. The van der Waals surface area contributed by atoms with Crippen LogP contribution < -0.4 is 0 Å². The third kappa shape index (κ3) is 0.781. The van der Waals surface area contributed by atoms with Crippen molar-refractivity contribution in [2.24, 2.45) is 0 Å². The standard InChI is InChI=1S/C4H3N5S/c1-2-10-4(5-1)9-7-3-6-8-9/h1-3H. The van der Waals surface area contributed by atoms with Gasteiger partial charge in [0.2, 0.25) is 5.13 Å². The monoisotopic (exact) mass is 153 g/mol. The number of rotatable bonds is 1. The molecule has 0 N–H and O–H groups in total. The second-order valence-corrected chi connectivity index (χ2v) is 2.41. The largest absolute Gasteiger partial charge is 0.231 e. The molecular formula is C4H3N5S. The van der Waals surface area contributed by atoms with Crippen molar-refractivity contribution in [1.82, 2.24) is 25.2 Å². The lowest BCUT2D eigenvalue weighted by molar-refractivity contribution is 0.714. The SMILES string of the molecule is c1csc(-n2ncnn2)n1. The zero-order valence-electron chi connectivity index (χ0n) is 4.88. The zero-order valence-corrected chi connectivity index (χ0v) is 5.69. The lowest BCUT2D eigenvalue weighted by Gasteiger charge is -1.85. The first-order chi connectivity index (χ1) is 4.97. The third-order valence-corrected chi connectivity index (χ3v) is 1.68. The van der Waals surface area contributed by atoms with Crippen molar-refractivity contribution < 1.29 is 0 Å². The maximum Gasteiger partial charge on any atom is 0.231 e. The van der Waals surface area contributed by atoms with Crippen LogP contribution in [0, 0.1) is 0 Å². The van der Waals surface area contributed by atoms with Crippen molar-refractivity contribution >= 4 is 11.3 Å². The number of thiazole rings is 1. The minimum absolute atomic E-state index is 0.734. The van der Waals surface area contributed by atoms with Crippen LogP contribution in [-0.2, 0) is 0 Å². The molecule has 0 fully saturated rings. The fraction of sp³-hybridized carbons (Fsp3) is 0. The van der Waals surface area contributed by atoms with Crippen LogP contribution >= 0.6 is 11.3 Å². The van der Waals surface area contributed by atoms with E-state index in [1.165, 1.54) is 22.5 Å². The van der Waals surface area contributed by atoms with Gasteiger partial charge in [0.1, 0.15) is 0 Å². The van der Waals surface area contributed by atoms with E-state index in [1.54, 1.807) is 6.20 Å². The summed E-state index contributed by atoms with van der Waals surface area (Å²) in [6.07, 6.45) is 3.07. The summed E-state index contributed by atoms with van der Waals surface area (Å²) < 4.78 is 0. The Kier molecular flexibility index (Phi) is 1.17. The maximum absolute atomic E-state index is 3.98. The molecule has 50 valence electrons. The quantitative estimate of drug-likeness (QED) is 0.583. The van der Waals surface area contributed by atoms with Gasteiger partial charge in [-0.3, -0.25) is 0 Å². The summed E-state index contributed by atoms with van der Waals surface area (Å²) in [5.74, 6) is 0. The molecule has 10 heavy (non-hydrogen) atoms. The van der Waals surface area contributed by atoms with Gasteiger partial charge in [-0.05, 0) is 5.21 Å². The van der Waals surface area contributed by atoms with E-state index < -0.39 is 0 Å². The number of hydrogen-bond acceptors (Lipinski definition) is 5. The van der Waals surface area contributed by atoms with Gasteiger partial charge in [-0.1, -0.05) is 0 Å². The highest BCUT2D eigenvalue weighted by Crippen LogP contribution is 2.05. The highest BCUT2D eigenvalue weighted by molar-refractivity contribution is 7.12. The fourth-order valence-corrected chi connectivity index (χ4v) is 1.11. The highest BCUT2D eigenvalue weighted by Gasteiger charge is 1.97. The molecule has 2 rings (SSSR count). The normalized spacial score (nSPS) is 10.0. The van der Waals surface area contributed by atoms with Gasteiger partial charge >= 0.3 is 0 Å². The molecule has 0 aliphatic heterocycles. The van der Waals surface area contributed by atoms with Gasteiger partial charge in [0, 0.05) is 11.6 Å². The predicted octanol–water partition coefficient (Wildman–Crippen LogP) is 0.119. The molecule has 0 aromatic carbocycles. The van der Waals surface area contributed by atoms with Crippen LogP contribution in [0.3, 0.4) is 0 Å². The second-order valence-electron chi connectivity index (χ2n) is 1.54. The smallest absolute Gasteiger partial charge is 0.225 e. The van der Waals surface area contributed by atoms with Crippen LogP contribution in [0.25, 0.3) is 5.13 Å². The van der Waals surface area contributed by atoms with Crippen molar-refractivity contribution in [2.75, 3.05) is 0 Å². The molecule has 2 heterocycles. The summed E-state index contributed by atoms with van der Waals surface area (Å²) >= 11 is 1.47. The molecule has 2 aromatic heterocycles. The Bertz CT molecular complexity index is 253. The Balaban J connectivity index is 2.48. The second kappa shape index (κ2) is 2.14. The van der Waals surface area contributed by atoms with Gasteiger partial charge < -0.3 is 0 Å². The fourth-order valence-electron chi connectivity index (χ4n) is 0.569. The van der Waals surface area contributed by atoms with Crippen LogP contribution in [0.1, 0.15) is 0 Å². The van der Waals surface area contributed by atoms with Crippen LogP contribution in [0.2, 0.25) is 0 Å². The van der Waals surface area contributed by atoms with Gasteiger partial charge in [0.05, 0.1) is 0 Å². The van der Waals surface area contributed by atoms with Crippen molar-refractivity contribution in [1.29, 1.82) is 0 Å². The molecule has 6 heteroatoms. The molecule has 0 unspecified atom stereocenters. The molecule has 0 spiro atoms. The zero-order chi connectivity index (χ0) is 6.81. The predicted molar refractivity (Wildman–Crippen MR) is 34.8 cm³/mol. The highest BCUT2D eigenvalue weighted by atomic mass is 32.1. The molecule has 0 radical (unpaired) electrons. The van der Waals surface area contributed by atoms with E-state index in [4.69, 9.17) is 0 Å². The average Bonchev–Trinajstić information content (AvgIpc) is 2.59. The minimum atomic E-state index is 0.734. The Morgan fingerprint density at radius 1 is 1.50 bits per heavy atom. The van der Waals surface area contributed by atoms with Crippen molar-refractivity contribution in [3.63, 3.8) is 0 Å². The minimum Gasteiger partial charge on any atom is -0.225 e. The van der Waals surface area contributed by atoms with Gasteiger partial charge in [0.25, 0.3) is 0 Å². The Labute approximate surface area is 60.3 Å². The van der Waals surface area contributed by atoms with Crippen LogP contribution in [0.15, 0.2) is 17.9 Å². The topological polar surface area (TPSA) is 56.5 Å². The maximum atomic E-state index is 3.98. The lowest BCUT2D eigenvalue weighted by atomic mass is 11.0. The molecule has 0 aliphatic rings. The van der Waals surface area contributed by atoms with Gasteiger partial charge in [-0.25, -0.2) is 4.98 Å². The summed E-state index contributed by atoms with van der Waals surface area (Å²) in [5, 5.41) is 13.6. The molecule has 0 bridgehead atoms. The Hall–Kier alpha value is -1.30. The summed E-state index contributed by atoms with van der Waals surface area (Å²) in [4.78, 5) is 5.35. The first-order valence-electron chi connectivity index (χ1n) is 2.59. The molecule has 0 amide bonds.